The van der Waals surface area contributed by atoms with Crippen LogP contribution in [-0.2, 0) is 22.6 Å². The fraction of sp³-hybridized carbons (Fsp3) is 0.263. The van der Waals surface area contributed by atoms with Gasteiger partial charge >= 0.3 is 5.97 Å². The van der Waals surface area contributed by atoms with E-state index >= 15 is 0 Å². The maximum absolute atomic E-state index is 12.1. The number of aryl methyl sites for hydroxylation is 2. The van der Waals surface area contributed by atoms with Gasteiger partial charge in [-0.2, -0.15) is 0 Å². The Morgan fingerprint density at radius 1 is 1.26 bits per heavy atom. The Kier molecular flexibility index (Phi) is 5.66. The summed E-state index contributed by atoms with van der Waals surface area (Å²) in [7, 11) is 0. The number of carbonyl (C=O) groups excluding carboxylic acids is 2. The van der Waals surface area contributed by atoms with Crippen molar-refractivity contribution in [3.05, 3.63) is 58.4 Å². The van der Waals surface area contributed by atoms with Crippen molar-refractivity contribution in [3.8, 4) is 0 Å². The summed E-state index contributed by atoms with van der Waals surface area (Å²) in [5.41, 5.74) is 3.09. The Labute approximate surface area is 160 Å². The topological polar surface area (TPSA) is 85.5 Å². The Hall–Kier alpha value is -3.00. The van der Waals surface area contributed by atoms with Crippen LogP contribution in [0.25, 0.3) is 0 Å². The van der Waals surface area contributed by atoms with Crippen molar-refractivity contribution < 1.29 is 18.8 Å². The number of amides is 1. The summed E-state index contributed by atoms with van der Waals surface area (Å²) in [6, 6.07) is 9.27. The second kappa shape index (κ2) is 8.13. The molecule has 1 aromatic carbocycles. The summed E-state index contributed by atoms with van der Waals surface area (Å²) >= 11 is 1.31. The molecular weight excluding hydrogens is 366 g/mol. The largest absolute Gasteiger partial charge is 0.453 e. The van der Waals surface area contributed by atoms with Gasteiger partial charge in [-0.1, -0.05) is 24.2 Å². The van der Waals surface area contributed by atoms with Crippen LogP contribution < -0.4 is 4.90 Å². The highest BCUT2D eigenvalue weighted by Crippen LogP contribution is 2.29. The number of carbonyl (C=O) groups is 2. The lowest BCUT2D eigenvalue weighted by atomic mass is 10.1. The first-order chi connectivity index (χ1) is 13.0. The molecule has 140 valence electrons. The highest BCUT2D eigenvalue weighted by Gasteiger charge is 2.19. The lowest BCUT2D eigenvalue weighted by molar-refractivity contribution is -0.115. The molecule has 0 atom stereocenters. The van der Waals surface area contributed by atoms with E-state index in [-0.39, 0.29) is 18.3 Å². The van der Waals surface area contributed by atoms with E-state index in [9.17, 15) is 9.59 Å². The molecule has 0 unspecified atom stereocenters. The maximum Gasteiger partial charge on any atom is 0.377 e. The predicted molar refractivity (Wildman–Crippen MR) is 101 cm³/mol. The van der Waals surface area contributed by atoms with Crippen molar-refractivity contribution in [2.75, 3.05) is 4.90 Å². The third kappa shape index (κ3) is 4.40. The monoisotopic (exact) mass is 385 g/mol. The van der Waals surface area contributed by atoms with Crippen LogP contribution in [-0.4, -0.2) is 22.0 Å². The molecule has 8 heteroatoms. The van der Waals surface area contributed by atoms with E-state index in [1.165, 1.54) is 34.8 Å². The molecule has 2 aromatic heterocycles. The van der Waals surface area contributed by atoms with Gasteiger partial charge in [-0.05, 0) is 31.0 Å². The van der Waals surface area contributed by atoms with Gasteiger partial charge in [0, 0.05) is 18.4 Å². The first-order valence-electron chi connectivity index (χ1n) is 8.42. The molecule has 2 heterocycles. The van der Waals surface area contributed by atoms with Crippen LogP contribution in [0.5, 0.6) is 0 Å². The molecule has 0 saturated carbocycles. The molecule has 27 heavy (non-hydrogen) atoms. The number of hydrogen-bond acceptors (Lipinski definition) is 7. The van der Waals surface area contributed by atoms with Crippen LogP contribution in [0.4, 0.5) is 10.8 Å². The van der Waals surface area contributed by atoms with Crippen LogP contribution in [0.3, 0.4) is 0 Å². The second-order valence-corrected chi connectivity index (χ2v) is 6.74. The van der Waals surface area contributed by atoms with Crippen LogP contribution in [0.1, 0.15) is 41.4 Å². The van der Waals surface area contributed by atoms with E-state index in [2.05, 4.69) is 17.1 Å². The van der Waals surface area contributed by atoms with E-state index in [1.54, 1.807) is 12.3 Å². The van der Waals surface area contributed by atoms with Gasteiger partial charge in [0.15, 0.2) is 5.13 Å². The Bertz CT molecular complexity index is 946. The van der Waals surface area contributed by atoms with Gasteiger partial charge in [0.25, 0.3) is 0 Å². The smallest absolute Gasteiger partial charge is 0.377 e. The third-order valence-electron chi connectivity index (χ3n) is 3.83. The minimum absolute atomic E-state index is 0.0183. The Balaban J connectivity index is 1.71. The van der Waals surface area contributed by atoms with Crippen LogP contribution in [0, 0.1) is 6.92 Å². The highest BCUT2D eigenvalue weighted by molar-refractivity contribution is 7.14. The molecule has 0 radical (unpaired) electrons. The molecular formula is C19H19N3O4S. The molecule has 0 aliphatic carbocycles. The fourth-order valence-corrected chi connectivity index (χ4v) is 3.31. The SMILES string of the molecule is CCc1ccc(N(C(C)=O)c2nc(COC(=O)c3cc(C)no3)cs2)cc1. The number of benzene rings is 1. The fourth-order valence-electron chi connectivity index (χ4n) is 2.44. The van der Waals surface area contributed by atoms with Crippen molar-refractivity contribution in [1.29, 1.82) is 0 Å². The van der Waals surface area contributed by atoms with Gasteiger partial charge in [0.05, 0.1) is 17.1 Å². The van der Waals surface area contributed by atoms with Crippen LogP contribution >= 0.6 is 11.3 Å². The van der Waals surface area contributed by atoms with E-state index in [1.807, 2.05) is 24.3 Å². The highest BCUT2D eigenvalue weighted by atomic mass is 32.1. The van der Waals surface area contributed by atoms with E-state index in [4.69, 9.17) is 9.26 Å². The summed E-state index contributed by atoms with van der Waals surface area (Å²) in [6.45, 7) is 5.26. The first-order valence-corrected chi connectivity index (χ1v) is 9.30. The van der Waals surface area contributed by atoms with E-state index < -0.39 is 5.97 Å². The zero-order chi connectivity index (χ0) is 19.4. The summed E-state index contributed by atoms with van der Waals surface area (Å²) < 4.78 is 10.1. The number of ether oxygens (including phenoxy) is 1. The molecule has 0 saturated heterocycles. The Morgan fingerprint density at radius 3 is 2.59 bits per heavy atom. The average molecular weight is 385 g/mol. The van der Waals surface area contributed by atoms with Crippen molar-refractivity contribution >= 4 is 34.0 Å². The van der Waals surface area contributed by atoms with Gasteiger partial charge in [-0.3, -0.25) is 9.69 Å². The molecule has 0 N–H and O–H groups in total. The summed E-state index contributed by atoms with van der Waals surface area (Å²) in [5.74, 6) is -0.706. The standard InChI is InChI=1S/C19H19N3O4S/c1-4-14-5-7-16(8-6-14)22(13(3)23)19-20-15(11-27-19)10-25-18(24)17-9-12(2)21-26-17/h5-9,11H,4,10H2,1-3H3. The minimum Gasteiger partial charge on any atom is -0.453 e. The minimum atomic E-state index is -0.608. The molecule has 1 amide bonds. The molecule has 0 fully saturated rings. The number of aromatic nitrogens is 2. The first kappa shape index (κ1) is 18.8. The number of hydrogen-bond donors (Lipinski definition) is 0. The van der Waals surface area contributed by atoms with Crippen molar-refractivity contribution in [2.24, 2.45) is 0 Å². The summed E-state index contributed by atoms with van der Waals surface area (Å²) in [4.78, 5) is 30.0. The molecule has 0 spiro atoms. The number of esters is 1. The number of rotatable bonds is 6. The van der Waals surface area contributed by atoms with Gasteiger partial charge in [-0.15, -0.1) is 11.3 Å². The van der Waals surface area contributed by atoms with Crippen molar-refractivity contribution in [3.63, 3.8) is 0 Å². The van der Waals surface area contributed by atoms with Gasteiger partial charge in [-0.25, -0.2) is 9.78 Å². The van der Waals surface area contributed by atoms with Crippen LogP contribution in [0.2, 0.25) is 0 Å². The number of anilines is 2. The van der Waals surface area contributed by atoms with E-state index in [0.29, 0.717) is 16.5 Å². The third-order valence-corrected chi connectivity index (χ3v) is 4.70. The maximum atomic E-state index is 12.1. The molecule has 0 aliphatic heterocycles. The quantitative estimate of drug-likeness (QED) is 0.595. The molecule has 3 aromatic rings. The van der Waals surface area contributed by atoms with E-state index in [0.717, 1.165) is 12.1 Å². The van der Waals surface area contributed by atoms with Crippen molar-refractivity contribution in [2.45, 2.75) is 33.8 Å². The van der Waals surface area contributed by atoms with Gasteiger partial charge in [0.2, 0.25) is 11.7 Å². The summed E-state index contributed by atoms with van der Waals surface area (Å²) in [6.07, 6.45) is 0.928. The molecule has 7 nitrogen and oxygen atoms in total. The number of nitrogens with zero attached hydrogens (tertiary/aromatic N) is 3. The lowest BCUT2D eigenvalue weighted by Gasteiger charge is -2.18. The predicted octanol–water partition coefficient (Wildman–Crippen LogP) is 4.04. The normalized spacial score (nSPS) is 10.6. The number of thiazole rings is 1. The van der Waals surface area contributed by atoms with Crippen LogP contribution in [0.15, 0.2) is 40.2 Å². The van der Waals surface area contributed by atoms with Crippen molar-refractivity contribution in [1.82, 2.24) is 10.1 Å². The lowest BCUT2D eigenvalue weighted by Crippen LogP contribution is -2.22. The van der Waals surface area contributed by atoms with Gasteiger partial charge < -0.3 is 9.26 Å². The molecule has 0 aliphatic rings. The zero-order valence-electron chi connectivity index (χ0n) is 15.3. The average Bonchev–Trinajstić information content (AvgIpc) is 3.29. The summed E-state index contributed by atoms with van der Waals surface area (Å²) in [5, 5.41) is 5.93. The zero-order valence-corrected chi connectivity index (χ0v) is 16.1. The second-order valence-electron chi connectivity index (χ2n) is 5.90. The van der Waals surface area contributed by atoms with Gasteiger partial charge in [0.1, 0.15) is 6.61 Å². The molecule has 0 bridgehead atoms. The Morgan fingerprint density at radius 2 is 2.00 bits per heavy atom. The molecule has 3 rings (SSSR count).